The minimum atomic E-state index is -1.29. The summed E-state index contributed by atoms with van der Waals surface area (Å²) in [6.45, 7) is 1.90. The number of amides is 1. The van der Waals surface area contributed by atoms with Crippen LogP contribution >= 0.6 is 11.3 Å². The van der Waals surface area contributed by atoms with E-state index in [4.69, 9.17) is 5.73 Å². The molecule has 2 aromatic rings. The van der Waals surface area contributed by atoms with Gasteiger partial charge in [-0.2, -0.15) is 0 Å². The number of hydrogen-bond acceptors (Lipinski definition) is 4. The summed E-state index contributed by atoms with van der Waals surface area (Å²) in [7, 11) is -1.29. The standard InChI is InChI=1S/C13H14N2O2S2/c1-9-4-5-10(7-11(9)14)15-12(16)8-19(17)13-3-2-6-18-13/h2-7H,8,14H2,1H3,(H,15,16). The summed E-state index contributed by atoms with van der Waals surface area (Å²) in [5, 5.41) is 4.53. The third kappa shape index (κ3) is 3.65. The van der Waals surface area contributed by atoms with Gasteiger partial charge < -0.3 is 11.1 Å². The van der Waals surface area contributed by atoms with Crippen molar-refractivity contribution in [3.05, 3.63) is 41.3 Å². The minimum absolute atomic E-state index is 0.0473. The van der Waals surface area contributed by atoms with Gasteiger partial charge in [-0.3, -0.25) is 9.00 Å². The Labute approximate surface area is 118 Å². The first-order valence-electron chi connectivity index (χ1n) is 5.64. The molecule has 2 rings (SSSR count). The molecule has 1 aromatic heterocycles. The van der Waals surface area contributed by atoms with Crippen LogP contribution in [0, 0.1) is 6.92 Å². The number of carbonyl (C=O) groups excluding carboxylic acids is 1. The van der Waals surface area contributed by atoms with E-state index >= 15 is 0 Å². The van der Waals surface area contributed by atoms with Gasteiger partial charge in [0.25, 0.3) is 0 Å². The van der Waals surface area contributed by atoms with Crippen LogP contribution in [0.1, 0.15) is 5.56 Å². The molecule has 0 saturated carbocycles. The van der Waals surface area contributed by atoms with Crippen molar-refractivity contribution in [2.75, 3.05) is 16.8 Å². The quantitative estimate of drug-likeness (QED) is 0.850. The van der Waals surface area contributed by atoms with Gasteiger partial charge in [-0.25, -0.2) is 0 Å². The summed E-state index contributed by atoms with van der Waals surface area (Å²) in [4.78, 5) is 11.8. The van der Waals surface area contributed by atoms with Crippen LogP contribution in [-0.2, 0) is 15.6 Å². The van der Waals surface area contributed by atoms with Gasteiger partial charge in [0, 0.05) is 11.4 Å². The van der Waals surface area contributed by atoms with Crippen molar-refractivity contribution >= 4 is 39.4 Å². The van der Waals surface area contributed by atoms with Crippen molar-refractivity contribution < 1.29 is 9.00 Å². The molecule has 0 aliphatic rings. The molecule has 3 N–H and O–H groups in total. The number of rotatable bonds is 4. The molecule has 19 heavy (non-hydrogen) atoms. The fourth-order valence-electron chi connectivity index (χ4n) is 1.50. The maximum absolute atomic E-state index is 11.9. The zero-order chi connectivity index (χ0) is 13.8. The molecule has 0 aliphatic carbocycles. The molecule has 0 saturated heterocycles. The Morgan fingerprint density at radius 1 is 1.42 bits per heavy atom. The number of nitrogens with one attached hydrogen (secondary N) is 1. The number of aryl methyl sites for hydroxylation is 1. The molecule has 1 heterocycles. The highest BCUT2D eigenvalue weighted by Gasteiger charge is 2.11. The lowest BCUT2D eigenvalue weighted by atomic mass is 10.2. The Bertz CT molecular complexity index is 609. The molecule has 4 nitrogen and oxygen atoms in total. The maximum atomic E-state index is 11.9. The molecule has 1 aromatic carbocycles. The Balaban J connectivity index is 1.98. The molecule has 0 aliphatic heterocycles. The van der Waals surface area contributed by atoms with Gasteiger partial charge in [0.05, 0.1) is 15.0 Å². The lowest BCUT2D eigenvalue weighted by Gasteiger charge is -2.07. The van der Waals surface area contributed by atoms with Gasteiger partial charge >= 0.3 is 0 Å². The average Bonchev–Trinajstić information content (AvgIpc) is 2.87. The van der Waals surface area contributed by atoms with E-state index in [0.717, 1.165) is 5.56 Å². The van der Waals surface area contributed by atoms with E-state index in [1.54, 1.807) is 18.2 Å². The van der Waals surface area contributed by atoms with Crippen molar-refractivity contribution in [2.24, 2.45) is 0 Å². The van der Waals surface area contributed by atoms with Gasteiger partial charge in [-0.1, -0.05) is 12.1 Å². The third-order valence-electron chi connectivity index (χ3n) is 2.54. The van der Waals surface area contributed by atoms with E-state index in [1.807, 2.05) is 24.4 Å². The van der Waals surface area contributed by atoms with Gasteiger partial charge in [0.15, 0.2) is 0 Å². The Morgan fingerprint density at radius 2 is 2.21 bits per heavy atom. The maximum Gasteiger partial charge on any atom is 0.237 e. The number of nitrogen functional groups attached to an aromatic ring is 1. The zero-order valence-corrected chi connectivity index (χ0v) is 12.0. The van der Waals surface area contributed by atoms with Crippen LogP contribution in [0.3, 0.4) is 0 Å². The highest BCUT2D eigenvalue weighted by Crippen LogP contribution is 2.18. The molecular weight excluding hydrogens is 280 g/mol. The number of benzene rings is 1. The van der Waals surface area contributed by atoms with Crippen molar-refractivity contribution in [3.63, 3.8) is 0 Å². The van der Waals surface area contributed by atoms with Gasteiger partial charge in [0.2, 0.25) is 5.91 Å². The molecular formula is C13H14N2O2S2. The van der Waals surface area contributed by atoms with E-state index in [-0.39, 0.29) is 11.7 Å². The predicted octanol–water partition coefficient (Wildman–Crippen LogP) is 2.39. The fraction of sp³-hybridized carbons (Fsp3) is 0.154. The van der Waals surface area contributed by atoms with Crippen LogP contribution in [0.25, 0.3) is 0 Å². The number of carbonyl (C=O) groups is 1. The van der Waals surface area contributed by atoms with E-state index < -0.39 is 10.8 Å². The first-order valence-corrected chi connectivity index (χ1v) is 7.84. The molecule has 0 radical (unpaired) electrons. The summed E-state index contributed by atoms with van der Waals surface area (Å²) in [6, 6.07) is 8.88. The topological polar surface area (TPSA) is 72.2 Å². The van der Waals surface area contributed by atoms with Crippen molar-refractivity contribution in [2.45, 2.75) is 11.1 Å². The summed E-state index contributed by atoms with van der Waals surface area (Å²) < 4.78 is 12.6. The fourth-order valence-corrected chi connectivity index (χ4v) is 3.40. The van der Waals surface area contributed by atoms with Gasteiger partial charge in [-0.05, 0) is 36.1 Å². The molecule has 1 unspecified atom stereocenters. The van der Waals surface area contributed by atoms with E-state index in [2.05, 4.69) is 5.32 Å². The molecule has 0 spiro atoms. The zero-order valence-electron chi connectivity index (χ0n) is 10.4. The van der Waals surface area contributed by atoms with E-state index in [9.17, 15) is 9.00 Å². The molecule has 0 fully saturated rings. The number of anilines is 2. The smallest absolute Gasteiger partial charge is 0.237 e. The SMILES string of the molecule is Cc1ccc(NC(=O)CS(=O)c2cccs2)cc1N. The molecule has 1 amide bonds. The van der Waals surface area contributed by atoms with Gasteiger partial charge in [0.1, 0.15) is 5.75 Å². The molecule has 0 bridgehead atoms. The second kappa shape index (κ2) is 5.99. The van der Waals surface area contributed by atoms with Crippen molar-refractivity contribution in [3.8, 4) is 0 Å². The van der Waals surface area contributed by atoms with Crippen molar-refractivity contribution in [1.82, 2.24) is 0 Å². The van der Waals surface area contributed by atoms with Crippen LogP contribution in [0.4, 0.5) is 11.4 Å². The highest BCUT2D eigenvalue weighted by atomic mass is 32.2. The van der Waals surface area contributed by atoms with Crippen LogP contribution in [0.5, 0.6) is 0 Å². The monoisotopic (exact) mass is 294 g/mol. The second-order valence-electron chi connectivity index (χ2n) is 4.04. The van der Waals surface area contributed by atoms with Crippen molar-refractivity contribution in [1.29, 1.82) is 0 Å². The third-order valence-corrected chi connectivity index (χ3v) is 5.16. The Morgan fingerprint density at radius 3 is 2.84 bits per heavy atom. The summed E-state index contributed by atoms with van der Waals surface area (Å²) >= 11 is 1.38. The van der Waals surface area contributed by atoms with E-state index in [0.29, 0.717) is 15.6 Å². The first-order chi connectivity index (χ1) is 9.06. The minimum Gasteiger partial charge on any atom is -0.398 e. The number of thiophene rings is 1. The molecule has 1 atom stereocenters. The highest BCUT2D eigenvalue weighted by molar-refractivity contribution is 7.88. The first kappa shape index (κ1) is 13.8. The normalized spacial score (nSPS) is 12.1. The number of nitrogens with two attached hydrogens (primary N) is 1. The number of hydrogen-bond donors (Lipinski definition) is 2. The summed E-state index contributed by atoms with van der Waals surface area (Å²) in [5.74, 6) is -0.330. The largest absolute Gasteiger partial charge is 0.398 e. The lowest BCUT2D eigenvalue weighted by molar-refractivity contribution is -0.113. The Hall–Kier alpha value is -1.66. The lowest BCUT2D eigenvalue weighted by Crippen LogP contribution is -2.19. The summed E-state index contributed by atoms with van der Waals surface area (Å²) in [6.07, 6.45) is 0. The van der Waals surface area contributed by atoms with Crippen LogP contribution in [0.15, 0.2) is 39.9 Å². The molecule has 100 valence electrons. The van der Waals surface area contributed by atoms with Crippen LogP contribution < -0.4 is 11.1 Å². The predicted molar refractivity (Wildman–Crippen MR) is 79.8 cm³/mol. The summed E-state index contributed by atoms with van der Waals surface area (Å²) in [5.41, 5.74) is 7.97. The van der Waals surface area contributed by atoms with Crippen LogP contribution in [0.2, 0.25) is 0 Å². The second-order valence-corrected chi connectivity index (χ2v) is 6.67. The van der Waals surface area contributed by atoms with Gasteiger partial charge in [-0.15, -0.1) is 11.3 Å². The Kier molecular flexibility index (Phi) is 4.34. The van der Waals surface area contributed by atoms with Crippen LogP contribution in [-0.4, -0.2) is 15.9 Å². The molecule has 6 heteroatoms. The average molecular weight is 294 g/mol. The van der Waals surface area contributed by atoms with E-state index in [1.165, 1.54) is 11.3 Å².